The first-order valence-corrected chi connectivity index (χ1v) is 8.31. The summed E-state index contributed by atoms with van der Waals surface area (Å²) in [5.74, 6) is 0.523. The van der Waals surface area contributed by atoms with E-state index in [4.69, 9.17) is 10.5 Å². The molecule has 3 N–H and O–H groups in total. The molecule has 24 heavy (non-hydrogen) atoms. The van der Waals surface area contributed by atoms with Crippen LogP contribution in [-0.4, -0.2) is 25.1 Å². The Hall–Kier alpha value is -2.69. The SMILES string of the molecule is CCN(CC)c1ccc(CC2Oc3ccc(N)cc3NC2=O)cc1. The predicted molar refractivity (Wildman–Crippen MR) is 97.6 cm³/mol. The number of benzene rings is 2. The summed E-state index contributed by atoms with van der Waals surface area (Å²) in [6.07, 6.45) is 0.00851. The van der Waals surface area contributed by atoms with Crippen LogP contribution in [-0.2, 0) is 11.2 Å². The number of hydrogen-bond donors (Lipinski definition) is 2. The highest BCUT2D eigenvalue weighted by Crippen LogP contribution is 2.32. The zero-order valence-electron chi connectivity index (χ0n) is 14.1. The number of nitrogens with one attached hydrogen (secondary N) is 1. The van der Waals surface area contributed by atoms with Crippen molar-refractivity contribution in [3.63, 3.8) is 0 Å². The maximum Gasteiger partial charge on any atom is 0.265 e. The highest BCUT2D eigenvalue weighted by Gasteiger charge is 2.27. The van der Waals surface area contributed by atoms with Crippen LogP contribution in [0.3, 0.4) is 0 Å². The Morgan fingerprint density at radius 1 is 1.12 bits per heavy atom. The van der Waals surface area contributed by atoms with Gasteiger partial charge in [0, 0.05) is 30.9 Å². The highest BCUT2D eigenvalue weighted by molar-refractivity contribution is 5.98. The first-order chi connectivity index (χ1) is 11.6. The van der Waals surface area contributed by atoms with Gasteiger partial charge < -0.3 is 20.7 Å². The Labute approximate surface area is 142 Å². The smallest absolute Gasteiger partial charge is 0.265 e. The number of nitrogens with zero attached hydrogens (tertiary/aromatic N) is 1. The molecule has 0 spiro atoms. The van der Waals surface area contributed by atoms with Crippen molar-refractivity contribution in [2.24, 2.45) is 0 Å². The first-order valence-electron chi connectivity index (χ1n) is 8.31. The fourth-order valence-electron chi connectivity index (χ4n) is 2.95. The molecule has 126 valence electrons. The zero-order chi connectivity index (χ0) is 17.1. The van der Waals surface area contributed by atoms with Crippen molar-refractivity contribution in [3.8, 4) is 5.75 Å². The summed E-state index contributed by atoms with van der Waals surface area (Å²) in [6, 6.07) is 13.6. The van der Waals surface area contributed by atoms with Gasteiger partial charge in [0.05, 0.1) is 5.69 Å². The van der Waals surface area contributed by atoms with Gasteiger partial charge in [0.1, 0.15) is 5.75 Å². The lowest BCUT2D eigenvalue weighted by molar-refractivity contribution is -0.123. The van der Waals surface area contributed by atoms with Gasteiger partial charge in [-0.1, -0.05) is 12.1 Å². The van der Waals surface area contributed by atoms with Crippen LogP contribution in [0, 0.1) is 0 Å². The van der Waals surface area contributed by atoms with Crippen LogP contribution in [0.15, 0.2) is 42.5 Å². The third-order valence-electron chi connectivity index (χ3n) is 4.31. The molecule has 1 heterocycles. The van der Waals surface area contributed by atoms with Crippen LogP contribution in [0.4, 0.5) is 17.1 Å². The Morgan fingerprint density at radius 2 is 1.83 bits per heavy atom. The molecule has 0 saturated heterocycles. The van der Waals surface area contributed by atoms with Crippen LogP contribution >= 0.6 is 0 Å². The molecule has 0 fully saturated rings. The number of fused-ring (bicyclic) bond motifs is 1. The molecule has 5 nitrogen and oxygen atoms in total. The summed E-state index contributed by atoms with van der Waals surface area (Å²) in [4.78, 5) is 14.5. The molecule has 1 aliphatic heterocycles. The van der Waals surface area contributed by atoms with Gasteiger partial charge in [-0.05, 0) is 49.7 Å². The van der Waals surface area contributed by atoms with E-state index >= 15 is 0 Å². The number of nitrogens with two attached hydrogens (primary N) is 1. The lowest BCUT2D eigenvalue weighted by Crippen LogP contribution is -2.38. The molecule has 1 atom stereocenters. The van der Waals surface area contributed by atoms with Crippen molar-refractivity contribution in [2.45, 2.75) is 26.4 Å². The maximum atomic E-state index is 12.3. The van der Waals surface area contributed by atoms with Gasteiger partial charge in [0.25, 0.3) is 5.91 Å². The number of ether oxygens (including phenoxy) is 1. The summed E-state index contributed by atoms with van der Waals surface area (Å²) in [6.45, 7) is 6.23. The topological polar surface area (TPSA) is 67.6 Å². The molecule has 2 aromatic rings. The Bertz CT molecular complexity index is 724. The lowest BCUT2D eigenvalue weighted by Gasteiger charge is -2.26. The number of amides is 1. The second-order valence-electron chi connectivity index (χ2n) is 5.89. The van der Waals surface area contributed by atoms with Gasteiger partial charge in [-0.15, -0.1) is 0 Å². The van der Waals surface area contributed by atoms with Crippen LogP contribution in [0.1, 0.15) is 19.4 Å². The van der Waals surface area contributed by atoms with Crippen molar-refractivity contribution in [2.75, 3.05) is 29.0 Å². The highest BCUT2D eigenvalue weighted by atomic mass is 16.5. The van der Waals surface area contributed by atoms with Gasteiger partial charge in [-0.25, -0.2) is 0 Å². The molecule has 0 aliphatic carbocycles. The molecular formula is C19H23N3O2. The van der Waals surface area contributed by atoms with E-state index in [0.29, 0.717) is 23.5 Å². The predicted octanol–water partition coefficient (Wildman–Crippen LogP) is 3.06. The van der Waals surface area contributed by atoms with Crippen LogP contribution in [0.2, 0.25) is 0 Å². The van der Waals surface area contributed by atoms with E-state index in [1.54, 1.807) is 18.2 Å². The van der Waals surface area contributed by atoms with Crippen molar-refractivity contribution in [1.82, 2.24) is 0 Å². The van der Waals surface area contributed by atoms with Crippen molar-refractivity contribution < 1.29 is 9.53 Å². The summed E-state index contributed by atoms with van der Waals surface area (Å²) in [5.41, 5.74) is 9.24. The number of carbonyl (C=O) groups is 1. The number of rotatable bonds is 5. The molecule has 3 rings (SSSR count). The number of hydrogen-bond acceptors (Lipinski definition) is 4. The number of anilines is 3. The average Bonchev–Trinajstić information content (AvgIpc) is 2.58. The normalized spacial score (nSPS) is 16.1. The molecule has 0 radical (unpaired) electrons. The minimum absolute atomic E-state index is 0.138. The van der Waals surface area contributed by atoms with Gasteiger partial charge in [-0.2, -0.15) is 0 Å². The van der Waals surface area contributed by atoms with Gasteiger partial charge in [0.2, 0.25) is 0 Å². The molecular weight excluding hydrogens is 302 g/mol. The second-order valence-corrected chi connectivity index (χ2v) is 5.89. The van der Waals surface area contributed by atoms with Crippen LogP contribution in [0.25, 0.3) is 0 Å². The first kappa shape index (κ1) is 16.2. The molecule has 2 aromatic carbocycles. The summed E-state index contributed by atoms with van der Waals surface area (Å²) in [5, 5.41) is 2.87. The van der Waals surface area contributed by atoms with Crippen molar-refractivity contribution in [3.05, 3.63) is 48.0 Å². The van der Waals surface area contributed by atoms with E-state index in [1.807, 2.05) is 0 Å². The fourth-order valence-corrected chi connectivity index (χ4v) is 2.95. The van der Waals surface area contributed by atoms with Crippen molar-refractivity contribution in [1.29, 1.82) is 0 Å². The lowest BCUT2D eigenvalue weighted by atomic mass is 10.0. The van der Waals surface area contributed by atoms with E-state index in [0.717, 1.165) is 18.7 Å². The molecule has 1 aliphatic rings. The fraction of sp³-hybridized carbons (Fsp3) is 0.316. The van der Waals surface area contributed by atoms with E-state index in [-0.39, 0.29) is 5.91 Å². The quantitative estimate of drug-likeness (QED) is 0.829. The van der Waals surface area contributed by atoms with E-state index in [9.17, 15) is 4.79 Å². The Morgan fingerprint density at radius 3 is 2.50 bits per heavy atom. The minimum Gasteiger partial charge on any atom is -0.478 e. The second kappa shape index (κ2) is 6.83. The van der Waals surface area contributed by atoms with E-state index in [2.05, 4.69) is 48.3 Å². The molecule has 1 unspecified atom stereocenters. The van der Waals surface area contributed by atoms with E-state index in [1.165, 1.54) is 5.69 Å². The molecule has 0 aromatic heterocycles. The standard InChI is InChI=1S/C19H23N3O2/c1-3-22(4-2)15-8-5-13(6-9-15)11-18-19(23)21-16-12-14(20)7-10-17(16)24-18/h5-10,12,18H,3-4,11,20H2,1-2H3,(H,21,23). The zero-order valence-corrected chi connectivity index (χ0v) is 14.1. The summed E-state index contributed by atoms with van der Waals surface area (Å²) in [7, 11) is 0. The van der Waals surface area contributed by atoms with E-state index < -0.39 is 6.10 Å². The Balaban J connectivity index is 1.72. The summed E-state index contributed by atoms with van der Waals surface area (Å²) < 4.78 is 5.85. The number of nitrogen functional groups attached to an aromatic ring is 1. The third kappa shape index (κ3) is 3.30. The molecule has 5 heteroatoms. The Kier molecular flexibility index (Phi) is 4.60. The molecule has 0 bridgehead atoms. The maximum absolute atomic E-state index is 12.3. The summed E-state index contributed by atoms with van der Waals surface area (Å²) >= 11 is 0. The molecule has 1 amide bonds. The van der Waals surface area contributed by atoms with Gasteiger partial charge in [0.15, 0.2) is 6.10 Å². The van der Waals surface area contributed by atoms with Crippen molar-refractivity contribution >= 4 is 23.0 Å². The minimum atomic E-state index is -0.527. The largest absolute Gasteiger partial charge is 0.478 e. The van der Waals surface area contributed by atoms with Gasteiger partial charge >= 0.3 is 0 Å². The van der Waals surface area contributed by atoms with Gasteiger partial charge in [-0.3, -0.25) is 4.79 Å². The van der Waals surface area contributed by atoms with Crippen LogP contribution in [0.5, 0.6) is 5.75 Å². The monoisotopic (exact) mass is 325 g/mol. The third-order valence-corrected chi connectivity index (χ3v) is 4.31. The number of carbonyl (C=O) groups excluding carboxylic acids is 1. The average molecular weight is 325 g/mol. The van der Waals surface area contributed by atoms with Crippen LogP contribution < -0.4 is 20.7 Å². The molecule has 0 saturated carbocycles.